The van der Waals surface area contributed by atoms with Gasteiger partial charge in [0.2, 0.25) is 5.78 Å². The van der Waals surface area contributed by atoms with Crippen molar-refractivity contribution in [2.75, 3.05) is 0 Å². The highest BCUT2D eigenvalue weighted by atomic mass is 35.5. The highest BCUT2D eigenvalue weighted by Crippen LogP contribution is 2.61. The van der Waals surface area contributed by atoms with E-state index in [0.717, 1.165) is 5.56 Å². The van der Waals surface area contributed by atoms with Crippen molar-refractivity contribution in [2.45, 2.75) is 17.6 Å². The van der Waals surface area contributed by atoms with E-state index < -0.39 is 23.4 Å². The summed E-state index contributed by atoms with van der Waals surface area (Å²) in [7, 11) is 0. The Kier molecular flexibility index (Phi) is 5.15. The Hall–Kier alpha value is -1.62. The summed E-state index contributed by atoms with van der Waals surface area (Å²) in [6.45, 7) is 0. The van der Waals surface area contributed by atoms with Crippen LogP contribution in [0.2, 0.25) is 0 Å². The van der Waals surface area contributed by atoms with E-state index in [1.807, 2.05) is 36.4 Å². The van der Waals surface area contributed by atoms with Gasteiger partial charge in [-0.1, -0.05) is 107 Å². The third-order valence-electron chi connectivity index (χ3n) is 4.97. The summed E-state index contributed by atoms with van der Waals surface area (Å²) in [5.74, 6) is -1.49. The average molecular weight is 454 g/mol. The minimum atomic E-state index is -1.47. The monoisotopic (exact) mass is 452 g/mol. The minimum absolute atomic E-state index is 0.0699. The number of ketones is 2. The van der Waals surface area contributed by atoms with Crippen LogP contribution in [-0.2, 0) is 9.53 Å². The van der Waals surface area contributed by atoms with Crippen molar-refractivity contribution in [2.24, 2.45) is 0 Å². The molecule has 0 saturated carbocycles. The van der Waals surface area contributed by atoms with Gasteiger partial charge in [0.1, 0.15) is 16.2 Å². The molecule has 3 nitrogen and oxygen atoms in total. The topological polar surface area (TPSA) is 43.4 Å². The van der Waals surface area contributed by atoms with E-state index >= 15 is 0 Å². The van der Waals surface area contributed by atoms with Crippen LogP contribution in [0.1, 0.15) is 21.8 Å². The molecule has 0 radical (unpaired) electrons. The first-order valence-electron chi connectivity index (χ1n) is 8.37. The van der Waals surface area contributed by atoms with Crippen LogP contribution in [0.15, 0.2) is 80.8 Å². The predicted octanol–water partition coefficient (Wildman–Crippen LogP) is 5.75. The molecule has 2 aromatic rings. The summed E-state index contributed by atoms with van der Waals surface area (Å²) in [5, 5.41) is -0.663. The predicted molar refractivity (Wildman–Crippen MR) is 110 cm³/mol. The molecule has 1 aliphatic heterocycles. The SMILES string of the molecule is O=C1C(Cl)=C(Cl)C2(O[C@H](C(=O)c3ccccc3)[C@H]2c2ccccc2)C(Cl)=C1Cl. The summed E-state index contributed by atoms with van der Waals surface area (Å²) in [6.07, 6.45) is -0.866. The Morgan fingerprint density at radius 3 is 1.86 bits per heavy atom. The summed E-state index contributed by atoms with van der Waals surface area (Å²) >= 11 is 25.2. The highest BCUT2D eigenvalue weighted by Gasteiger charge is 2.65. The highest BCUT2D eigenvalue weighted by molar-refractivity contribution is 6.61. The lowest BCUT2D eigenvalue weighted by Crippen LogP contribution is -2.63. The molecule has 0 aromatic heterocycles. The molecule has 1 fully saturated rings. The van der Waals surface area contributed by atoms with Crippen LogP contribution in [0.3, 0.4) is 0 Å². The maximum absolute atomic E-state index is 13.1. The number of halogens is 4. The van der Waals surface area contributed by atoms with Gasteiger partial charge in [-0.3, -0.25) is 9.59 Å². The second kappa shape index (κ2) is 7.33. The minimum Gasteiger partial charge on any atom is -0.351 e. The maximum Gasteiger partial charge on any atom is 0.218 e. The second-order valence-electron chi connectivity index (χ2n) is 6.48. The molecular formula is C21H12Cl4O3. The quantitative estimate of drug-likeness (QED) is 0.555. The molecule has 1 spiro atoms. The van der Waals surface area contributed by atoms with Gasteiger partial charge >= 0.3 is 0 Å². The lowest BCUT2D eigenvalue weighted by molar-refractivity contribution is -0.156. The lowest BCUT2D eigenvalue weighted by atomic mass is 9.68. The van der Waals surface area contributed by atoms with Gasteiger partial charge in [-0.25, -0.2) is 0 Å². The van der Waals surface area contributed by atoms with E-state index in [4.69, 9.17) is 51.1 Å². The first-order chi connectivity index (χ1) is 13.4. The Morgan fingerprint density at radius 1 is 0.821 bits per heavy atom. The van der Waals surface area contributed by atoms with E-state index in [-0.39, 0.29) is 25.9 Å². The molecule has 0 N–H and O–H groups in total. The van der Waals surface area contributed by atoms with E-state index in [0.29, 0.717) is 5.56 Å². The number of allylic oxidation sites excluding steroid dienone is 2. The largest absolute Gasteiger partial charge is 0.351 e. The Bertz CT molecular complexity index is 1000. The van der Waals surface area contributed by atoms with Crippen molar-refractivity contribution >= 4 is 58.0 Å². The van der Waals surface area contributed by atoms with Gasteiger partial charge < -0.3 is 4.74 Å². The fraction of sp³-hybridized carbons (Fsp3) is 0.143. The van der Waals surface area contributed by atoms with E-state index in [1.165, 1.54) is 0 Å². The molecule has 0 unspecified atom stereocenters. The van der Waals surface area contributed by atoms with Crippen molar-refractivity contribution in [3.05, 3.63) is 91.9 Å². The molecule has 1 heterocycles. The van der Waals surface area contributed by atoms with Crippen molar-refractivity contribution < 1.29 is 14.3 Å². The first-order valence-corrected chi connectivity index (χ1v) is 9.89. The van der Waals surface area contributed by atoms with Crippen molar-refractivity contribution in [1.82, 2.24) is 0 Å². The first kappa shape index (κ1) is 19.7. The third kappa shape index (κ3) is 2.77. The van der Waals surface area contributed by atoms with Crippen LogP contribution in [-0.4, -0.2) is 23.3 Å². The van der Waals surface area contributed by atoms with Gasteiger partial charge in [-0.2, -0.15) is 0 Å². The molecule has 7 heteroatoms. The lowest BCUT2D eigenvalue weighted by Gasteiger charge is -2.55. The van der Waals surface area contributed by atoms with Gasteiger partial charge in [0.05, 0.1) is 16.0 Å². The number of Topliss-reactive ketones (excluding diaryl/α,β-unsaturated/α-hetero) is 2. The number of rotatable bonds is 3. The van der Waals surface area contributed by atoms with E-state index in [1.54, 1.807) is 24.3 Å². The van der Waals surface area contributed by atoms with Crippen LogP contribution in [0.4, 0.5) is 0 Å². The third-order valence-corrected chi connectivity index (χ3v) is 6.82. The Morgan fingerprint density at radius 2 is 1.32 bits per heavy atom. The molecule has 2 aliphatic rings. The second-order valence-corrected chi connectivity index (χ2v) is 7.99. The number of benzene rings is 2. The standard InChI is InChI=1S/C21H12Cl4O3/c22-14-17(27)15(23)20(25)21(19(14)24)13(11-7-3-1-4-8-11)18(28-21)16(26)12-9-5-2-6-10-12/h1-10,13,18H/t13-,18+/m1/s1. The molecule has 1 aliphatic carbocycles. The van der Waals surface area contributed by atoms with E-state index in [2.05, 4.69) is 0 Å². The van der Waals surface area contributed by atoms with Crippen molar-refractivity contribution in [3.63, 3.8) is 0 Å². The van der Waals surface area contributed by atoms with Crippen LogP contribution in [0.5, 0.6) is 0 Å². The number of carbonyl (C=O) groups is 2. The number of carbonyl (C=O) groups excluding carboxylic acids is 2. The molecule has 28 heavy (non-hydrogen) atoms. The normalized spacial score (nSPS) is 23.8. The molecular weight excluding hydrogens is 442 g/mol. The molecule has 4 rings (SSSR count). The number of hydrogen-bond acceptors (Lipinski definition) is 3. The van der Waals surface area contributed by atoms with E-state index in [9.17, 15) is 9.59 Å². The zero-order valence-corrected chi connectivity index (χ0v) is 17.2. The molecule has 142 valence electrons. The Labute approximate surface area is 181 Å². The molecule has 0 amide bonds. The maximum atomic E-state index is 13.1. The van der Waals surface area contributed by atoms with Gasteiger partial charge in [-0.15, -0.1) is 0 Å². The smallest absolute Gasteiger partial charge is 0.218 e. The molecule has 2 atom stereocenters. The molecule has 0 bridgehead atoms. The van der Waals surface area contributed by atoms with Gasteiger partial charge in [-0.05, 0) is 5.56 Å². The van der Waals surface area contributed by atoms with Gasteiger partial charge in [0.25, 0.3) is 0 Å². The van der Waals surface area contributed by atoms with Crippen LogP contribution in [0, 0.1) is 0 Å². The summed E-state index contributed by atoms with van der Waals surface area (Å²) < 4.78 is 6.01. The van der Waals surface area contributed by atoms with Crippen molar-refractivity contribution in [1.29, 1.82) is 0 Å². The van der Waals surface area contributed by atoms with Crippen LogP contribution >= 0.6 is 46.4 Å². The van der Waals surface area contributed by atoms with Crippen LogP contribution in [0.25, 0.3) is 0 Å². The molecule has 2 aromatic carbocycles. The summed E-state index contributed by atoms with van der Waals surface area (Å²) in [6, 6.07) is 18.0. The Balaban J connectivity index is 1.86. The number of ether oxygens (including phenoxy) is 1. The fourth-order valence-corrected chi connectivity index (χ4v) is 4.87. The van der Waals surface area contributed by atoms with Crippen LogP contribution < -0.4 is 0 Å². The summed E-state index contributed by atoms with van der Waals surface area (Å²) in [4.78, 5) is 25.3. The summed E-state index contributed by atoms with van der Waals surface area (Å²) in [5.41, 5.74) is -0.211. The van der Waals surface area contributed by atoms with Gasteiger partial charge in [0, 0.05) is 5.56 Å². The molecule has 1 saturated heterocycles. The average Bonchev–Trinajstić information content (AvgIpc) is 2.71. The fourth-order valence-electron chi connectivity index (χ4n) is 3.62. The number of hydrogen-bond donors (Lipinski definition) is 0. The zero-order valence-electron chi connectivity index (χ0n) is 14.2. The van der Waals surface area contributed by atoms with Gasteiger partial charge in [0.15, 0.2) is 11.4 Å². The van der Waals surface area contributed by atoms with Crippen molar-refractivity contribution in [3.8, 4) is 0 Å². The zero-order chi connectivity index (χ0) is 20.1.